The lowest BCUT2D eigenvalue weighted by atomic mass is 9.96. The zero-order valence-electron chi connectivity index (χ0n) is 24.0. The van der Waals surface area contributed by atoms with Crippen LogP contribution in [-0.2, 0) is 19.1 Å². The van der Waals surface area contributed by atoms with Crippen LogP contribution >= 0.6 is 11.3 Å². The first-order valence-electron chi connectivity index (χ1n) is 13.7. The average Bonchev–Trinajstić information content (AvgIpc) is 3.29. The van der Waals surface area contributed by atoms with Crippen molar-refractivity contribution in [2.45, 2.75) is 32.9 Å². The van der Waals surface area contributed by atoms with Crippen molar-refractivity contribution in [3.05, 3.63) is 90.6 Å². The first-order valence-corrected chi connectivity index (χ1v) is 14.5. The van der Waals surface area contributed by atoms with Gasteiger partial charge in [-0.3, -0.25) is 14.2 Å². The van der Waals surface area contributed by atoms with E-state index in [4.69, 9.17) is 18.9 Å². The van der Waals surface area contributed by atoms with E-state index in [1.54, 1.807) is 54.5 Å². The van der Waals surface area contributed by atoms with E-state index in [-0.39, 0.29) is 24.2 Å². The molecule has 3 aromatic rings. The first kappa shape index (κ1) is 29.3. The van der Waals surface area contributed by atoms with Crippen LogP contribution in [0.3, 0.4) is 0 Å². The maximum atomic E-state index is 13.8. The van der Waals surface area contributed by atoms with Crippen molar-refractivity contribution in [2.24, 2.45) is 4.99 Å². The molecule has 3 heterocycles. The molecule has 0 N–H and O–H groups in total. The van der Waals surface area contributed by atoms with Crippen LogP contribution in [-0.4, -0.2) is 67.5 Å². The van der Waals surface area contributed by atoms with Gasteiger partial charge >= 0.3 is 5.97 Å². The van der Waals surface area contributed by atoms with E-state index >= 15 is 0 Å². The highest BCUT2D eigenvalue weighted by atomic mass is 32.1. The number of carbonyl (C=O) groups is 2. The molecule has 1 atom stereocenters. The molecule has 2 aromatic carbocycles. The molecule has 5 rings (SSSR count). The molecule has 42 heavy (non-hydrogen) atoms. The molecule has 0 saturated carbocycles. The van der Waals surface area contributed by atoms with Crippen molar-refractivity contribution in [2.75, 3.05) is 40.0 Å². The number of carbonyl (C=O) groups excluding carboxylic acids is 2. The minimum atomic E-state index is -0.676. The standard InChI is InChI=1S/C31H33N3O7S/c1-19(2)41-30(37)27-20(3)32-31-34(28(27)22-8-6-5-7-9-22)29(36)25(42-31)17-21-10-11-23(24(16-21)38-4)40-18-26(35)33-12-14-39-15-13-33/h5-11,16-17,19,28H,12-15,18H2,1-4H3. The molecule has 1 fully saturated rings. The number of methoxy groups -OCH3 is 1. The Morgan fingerprint density at radius 2 is 1.86 bits per heavy atom. The molecule has 0 spiro atoms. The maximum Gasteiger partial charge on any atom is 0.338 e. The van der Waals surface area contributed by atoms with Gasteiger partial charge in [0.15, 0.2) is 22.9 Å². The van der Waals surface area contributed by atoms with E-state index in [0.29, 0.717) is 64.0 Å². The lowest BCUT2D eigenvalue weighted by molar-refractivity contribution is -0.143. The molecular weight excluding hydrogens is 558 g/mol. The van der Waals surface area contributed by atoms with Crippen LogP contribution in [0.4, 0.5) is 0 Å². The van der Waals surface area contributed by atoms with Crippen LogP contribution in [0.2, 0.25) is 0 Å². The van der Waals surface area contributed by atoms with Crippen molar-refractivity contribution >= 4 is 29.3 Å². The van der Waals surface area contributed by atoms with Crippen LogP contribution in [0, 0.1) is 0 Å². The zero-order chi connectivity index (χ0) is 29.8. The van der Waals surface area contributed by atoms with Gasteiger partial charge in [-0.25, -0.2) is 9.79 Å². The summed E-state index contributed by atoms with van der Waals surface area (Å²) in [6.07, 6.45) is 1.43. The summed E-state index contributed by atoms with van der Waals surface area (Å²) in [5.41, 5.74) is 2.06. The Labute approximate surface area is 247 Å². The molecule has 2 aliphatic heterocycles. The summed E-state index contributed by atoms with van der Waals surface area (Å²) < 4.78 is 24.1. The van der Waals surface area contributed by atoms with E-state index < -0.39 is 12.0 Å². The van der Waals surface area contributed by atoms with Gasteiger partial charge in [0.2, 0.25) is 0 Å². The van der Waals surface area contributed by atoms with Crippen molar-refractivity contribution in [3.8, 4) is 11.5 Å². The van der Waals surface area contributed by atoms with Gasteiger partial charge < -0.3 is 23.8 Å². The lowest BCUT2D eigenvalue weighted by Gasteiger charge is -2.26. The first-order chi connectivity index (χ1) is 20.3. The number of fused-ring (bicyclic) bond motifs is 1. The number of amides is 1. The van der Waals surface area contributed by atoms with Gasteiger partial charge in [-0.1, -0.05) is 47.7 Å². The van der Waals surface area contributed by atoms with Crippen molar-refractivity contribution in [1.29, 1.82) is 0 Å². The number of rotatable bonds is 8. The normalized spacial score (nSPS) is 17.1. The molecule has 10 nitrogen and oxygen atoms in total. The topological polar surface area (TPSA) is 109 Å². The number of morpholine rings is 1. The van der Waals surface area contributed by atoms with Gasteiger partial charge in [0.25, 0.3) is 11.5 Å². The van der Waals surface area contributed by atoms with E-state index in [1.165, 1.54) is 18.4 Å². The fourth-order valence-electron chi connectivity index (χ4n) is 4.90. The molecule has 1 saturated heterocycles. The molecule has 0 aliphatic carbocycles. The molecular formula is C31H33N3O7S. The number of nitrogens with zero attached hydrogens (tertiary/aromatic N) is 3. The summed E-state index contributed by atoms with van der Waals surface area (Å²) in [6.45, 7) is 7.33. The minimum absolute atomic E-state index is 0.116. The Morgan fingerprint density at radius 1 is 1.12 bits per heavy atom. The average molecular weight is 592 g/mol. The molecule has 2 aliphatic rings. The molecule has 1 aromatic heterocycles. The summed E-state index contributed by atoms with van der Waals surface area (Å²) in [4.78, 5) is 46.4. The number of hydrogen-bond acceptors (Lipinski definition) is 9. The van der Waals surface area contributed by atoms with E-state index in [1.807, 2.05) is 30.3 Å². The third-order valence-electron chi connectivity index (χ3n) is 6.90. The van der Waals surface area contributed by atoms with E-state index in [2.05, 4.69) is 4.99 Å². The highest BCUT2D eigenvalue weighted by Gasteiger charge is 2.33. The lowest BCUT2D eigenvalue weighted by Crippen LogP contribution is -2.43. The predicted molar refractivity (Wildman–Crippen MR) is 157 cm³/mol. The van der Waals surface area contributed by atoms with Crippen LogP contribution < -0.4 is 24.4 Å². The third kappa shape index (κ3) is 6.17. The van der Waals surface area contributed by atoms with Crippen LogP contribution in [0.25, 0.3) is 6.08 Å². The fourth-order valence-corrected chi connectivity index (χ4v) is 5.95. The van der Waals surface area contributed by atoms with E-state index in [9.17, 15) is 14.4 Å². The summed E-state index contributed by atoms with van der Waals surface area (Å²) in [6, 6.07) is 14.0. The third-order valence-corrected chi connectivity index (χ3v) is 7.88. The molecule has 11 heteroatoms. The van der Waals surface area contributed by atoms with Gasteiger partial charge in [0.1, 0.15) is 0 Å². The fraction of sp³-hybridized carbons (Fsp3) is 0.355. The van der Waals surface area contributed by atoms with Gasteiger partial charge in [-0.05, 0) is 50.1 Å². The smallest absolute Gasteiger partial charge is 0.338 e. The van der Waals surface area contributed by atoms with Crippen LogP contribution in [0.5, 0.6) is 11.5 Å². The second-order valence-corrected chi connectivity index (χ2v) is 11.1. The molecule has 1 unspecified atom stereocenters. The van der Waals surface area contributed by atoms with E-state index in [0.717, 1.165) is 5.56 Å². The van der Waals surface area contributed by atoms with Gasteiger partial charge in [-0.2, -0.15) is 0 Å². The Kier molecular flexibility index (Phi) is 8.89. The summed E-state index contributed by atoms with van der Waals surface area (Å²) in [7, 11) is 1.52. The van der Waals surface area contributed by atoms with Gasteiger partial charge in [0, 0.05) is 13.1 Å². The van der Waals surface area contributed by atoms with Crippen LogP contribution in [0.1, 0.15) is 37.9 Å². The second kappa shape index (κ2) is 12.7. The maximum absolute atomic E-state index is 13.8. The molecule has 0 bridgehead atoms. The second-order valence-electron chi connectivity index (χ2n) is 10.1. The van der Waals surface area contributed by atoms with Crippen molar-refractivity contribution < 1.29 is 28.5 Å². The van der Waals surface area contributed by atoms with Gasteiger partial charge in [-0.15, -0.1) is 0 Å². The summed E-state index contributed by atoms with van der Waals surface area (Å²) in [5.74, 6) is 0.237. The number of allylic oxidation sites excluding steroid dienone is 1. The van der Waals surface area contributed by atoms with Crippen molar-refractivity contribution in [1.82, 2.24) is 9.47 Å². The zero-order valence-corrected chi connectivity index (χ0v) is 24.8. The predicted octanol–water partition coefficient (Wildman–Crippen LogP) is 2.43. The summed E-state index contributed by atoms with van der Waals surface area (Å²) in [5, 5.41) is 0. The Balaban J connectivity index is 1.48. The molecule has 1 amide bonds. The Morgan fingerprint density at radius 3 is 2.55 bits per heavy atom. The number of aromatic nitrogens is 1. The Hall–Kier alpha value is -4.22. The highest BCUT2D eigenvalue weighted by Crippen LogP contribution is 2.31. The number of thiazole rings is 1. The number of benzene rings is 2. The summed E-state index contributed by atoms with van der Waals surface area (Å²) >= 11 is 1.24. The van der Waals surface area contributed by atoms with Gasteiger partial charge in [0.05, 0.1) is 48.3 Å². The molecule has 220 valence electrons. The van der Waals surface area contributed by atoms with Crippen molar-refractivity contribution in [3.63, 3.8) is 0 Å². The SMILES string of the molecule is COc1cc(C=c2sc3n(c2=O)C(c2ccccc2)C(C(=O)OC(C)C)=C(C)N=3)ccc1OCC(=O)N1CCOCC1. The quantitative estimate of drug-likeness (QED) is 0.370. The minimum Gasteiger partial charge on any atom is -0.493 e. The monoisotopic (exact) mass is 591 g/mol. The highest BCUT2D eigenvalue weighted by molar-refractivity contribution is 7.07. The molecule has 0 radical (unpaired) electrons. The number of ether oxygens (including phenoxy) is 4. The largest absolute Gasteiger partial charge is 0.493 e. The number of hydrogen-bond donors (Lipinski definition) is 0. The van der Waals surface area contributed by atoms with Crippen LogP contribution in [0.15, 0.2) is 69.6 Å². The Bertz CT molecular complexity index is 1690. The number of esters is 1.